The lowest BCUT2D eigenvalue weighted by Gasteiger charge is -2.15. The average molecular weight is 341 g/mol. The largest absolute Gasteiger partial charge is 0.449 e. The monoisotopic (exact) mass is 341 g/mol. The third-order valence-corrected chi connectivity index (χ3v) is 3.89. The minimum atomic E-state index is -0.919. The highest BCUT2D eigenvalue weighted by Crippen LogP contribution is 2.23. The molecule has 0 spiro atoms. The van der Waals surface area contributed by atoms with E-state index in [1.54, 1.807) is 26.8 Å². The van der Waals surface area contributed by atoms with Gasteiger partial charge >= 0.3 is 5.97 Å². The Morgan fingerprint density at radius 2 is 2.08 bits per heavy atom. The lowest BCUT2D eigenvalue weighted by molar-refractivity contribution is -0.124. The van der Waals surface area contributed by atoms with Gasteiger partial charge < -0.3 is 19.6 Å². The van der Waals surface area contributed by atoms with Crippen molar-refractivity contribution in [3.8, 4) is 0 Å². The molecule has 7 nitrogen and oxygen atoms in total. The number of aromatic nitrogens is 2. The third kappa shape index (κ3) is 3.40. The first-order valence-corrected chi connectivity index (χ1v) is 8.02. The molecule has 0 saturated carbocycles. The van der Waals surface area contributed by atoms with Gasteiger partial charge in [0.15, 0.2) is 11.9 Å². The van der Waals surface area contributed by atoms with Crippen molar-refractivity contribution >= 4 is 28.6 Å². The fourth-order valence-corrected chi connectivity index (χ4v) is 2.68. The van der Waals surface area contributed by atoms with Crippen LogP contribution in [0.3, 0.4) is 0 Å². The van der Waals surface area contributed by atoms with Crippen LogP contribution in [0.15, 0.2) is 34.9 Å². The summed E-state index contributed by atoms with van der Waals surface area (Å²) in [6.07, 6.45) is -0.576. The van der Waals surface area contributed by atoms with Crippen LogP contribution in [0.2, 0.25) is 0 Å². The van der Waals surface area contributed by atoms with Gasteiger partial charge in [0.05, 0.1) is 5.56 Å². The van der Waals surface area contributed by atoms with E-state index in [0.717, 1.165) is 10.9 Å². The second kappa shape index (κ2) is 6.80. The number of carbonyl (C=O) groups excluding carboxylic acids is 2. The van der Waals surface area contributed by atoms with Gasteiger partial charge in [-0.05, 0) is 26.3 Å². The number of esters is 1. The van der Waals surface area contributed by atoms with Gasteiger partial charge in [0.2, 0.25) is 0 Å². The van der Waals surface area contributed by atoms with E-state index in [9.17, 15) is 9.59 Å². The van der Waals surface area contributed by atoms with Crippen LogP contribution in [0, 0.1) is 13.8 Å². The van der Waals surface area contributed by atoms with Crippen LogP contribution >= 0.6 is 0 Å². The third-order valence-electron chi connectivity index (χ3n) is 3.89. The van der Waals surface area contributed by atoms with Crippen molar-refractivity contribution in [3.05, 3.63) is 47.3 Å². The van der Waals surface area contributed by atoms with Gasteiger partial charge in [-0.25, -0.2) is 4.79 Å². The second-order valence-electron chi connectivity index (χ2n) is 5.78. The normalized spacial score (nSPS) is 12.1. The Morgan fingerprint density at radius 1 is 1.32 bits per heavy atom. The van der Waals surface area contributed by atoms with Crippen LogP contribution in [0.25, 0.3) is 10.9 Å². The van der Waals surface area contributed by atoms with Gasteiger partial charge in [-0.3, -0.25) is 4.79 Å². The summed E-state index contributed by atoms with van der Waals surface area (Å²) in [7, 11) is 0. The van der Waals surface area contributed by atoms with E-state index in [0.29, 0.717) is 29.3 Å². The van der Waals surface area contributed by atoms with E-state index in [-0.39, 0.29) is 0 Å². The summed E-state index contributed by atoms with van der Waals surface area (Å²) < 4.78 is 10.4. The highest BCUT2D eigenvalue weighted by Gasteiger charge is 2.25. The molecule has 1 unspecified atom stereocenters. The molecule has 1 atom stereocenters. The van der Waals surface area contributed by atoms with Gasteiger partial charge in [0, 0.05) is 22.7 Å². The number of amides is 1. The van der Waals surface area contributed by atoms with Crippen LogP contribution in [0.1, 0.15) is 35.2 Å². The molecule has 2 N–H and O–H groups in total. The number of nitrogens with one attached hydrogen (secondary N) is 2. The number of hydrogen-bond donors (Lipinski definition) is 2. The van der Waals surface area contributed by atoms with E-state index < -0.39 is 18.0 Å². The minimum absolute atomic E-state index is 0.292. The number of anilines is 1. The molecule has 25 heavy (non-hydrogen) atoms. The molecule has 0 radical (unpaired) electrons. The molecule has 0 saturated heterocycles. The maximum absolute atomic E-state index is 12.6. The zero-order valence-electron chi connectivity index (χ0n) is 14.3. The summed E-state index contributed by atoms with van der Waals surface area (Å²) in [6.45, 7) is 5.29. The lowest BCUT2D eigenvalue weighted by Crippen LogP contribution is -2.32. The summed E-state index contributed by atoms with van der Waals surface area (Å²) in [5.74, 6) is -0.107. The summed E-state index contributed by atoms with van der Waals surface area (Å²) >= 11 is 0. The number of aromatic amines is 1. The SMILES string of the molecule is CCC(OC(=O)c1c(C)[nH]c2ccccc12)C(=O)Nc1cc(C)on1. The molecular weight excluding hydrogens is 322 g/mol. The Morgan fingerprint density at radius 3 is 2.76 bits per heavy atom. The number of para-hydroxylation sites is 1. The Labute approximate surface area is 144 Å². The van der Waals surface area contributed by atoms with E-state index >= 15 is 0 Å². The Bertz CT molecular complexity index is 925. The molecule has 2 heterocycles. The number of carbonyl (C=O) groups is 2. The first-order chi connectivity index (χ1) is 12.0. The number of aryl methyl sites for hydroxylation is 2. The molecule has 3 rings (SSSR count). The quantitative estimate of drug-likeness (QED) is 0.694. The Hall–Kier alpha value is -3.09. The predicted octanol–water partition coefficient (Wildman–Crippen LogP) is 3.35. The fraction of sp³-hybridized carbons (Fsp3) is 0.278. The number of nitrogens with zero attached hydrogens (tertiary/aromatic N) is 1. The molecule has 0 fully saturated rings. The molecule has 0 aliphatic heterocycles. The lowest BCUT2D eigenvalue weighted by atomic mass is 10.1. The average Bonchev–Trinajstić information content (AvgIpc) is 3.14. The van der Waals surface area contributed by atoms with Crippen molar-refractivity contribution in [2.24, 2.45) is 0 Å². The Balaban J connectivity index is 1.77. The van der Waals surface area contributed by atoms with Crippen LogP contribution in [0.4, 0.5) is 5.82 Å². The fourth-order valence-electron chi connectivity index (χ4n) is 2.68. The summed E-state index contributed by atoms with van der Waals surface area (Å²) in [5.41, 5.74) is 2.00. The van der Waals surface area contributed by atoms with Crippen LogP contribution in [0.5, 0.6) is 0 Å². The van der Waals surface area contributed by atoms with E-state index in [1.807, 2.05) is 24.3 Å². The minimum Gasteiger partial charge on any atom is -0.449 e. The number of benzene rings is 1. The molecule has 1 amide bonds. The number of H-pyrrole nitrogens is 1. The van der Waals surface area contributed by atoms with Gasteiger partial charge in [-0.15, -0.1) is 0 Å². The van der Waals surface area contributed by atoms with E-state index in [1.165, 1.54) is 0 Å². The van der Waals surface area contributed by atoms with Crippen molar-refractivity contribution in [2.75, 3.05) is 5.32 Å². The topological polar surface area (TPSA) is 97.2 Å². The molecule has 0 bridgehead atoms. The molecular formula is C18H19N3O4. The summed E-state index contributed by atoms with van der Waals surface area (Å²) in [6, 6.07) is 9.06. The van der Waals surface area contributed by atoms with Crippen molar-refractivity contribution < 1.29 is 18.8 Å². The molecule has 130 valence electrons. The van der Waals surface area contributed by atoms with Gasteiger partial charge in [-0.1, -0.05) is 30.3 Å². The highest BCUT2D eigenvalue weighted by molar-refractivity contribution is 6.06. The first-order valence-electron chi connectivity index (χ1n) is 8.02. The van der Waals surface area contributed by atoms with Crippen molar-refractivity contribution in [1.29, 1.82) is 0 Å². The Kier molecular flexibility index (Phi) is 4.56. The maximum Gasteiger partial charge on any atom is 0.341 e. The summed E-state index contributed by atoms with van der Waals surface area (Å²) in [4.78, 5) is 28.1. The molecule has 7 heteroatoms. The zero-order chi connectivity index (χ0) is 18.0. The van der Waals surface area contributed by atoms with Crippen molar-refractivity contribution in [3.63, 3.8) is 0 Å². The molecule has 2 aromatic heterocycles. The molecule has 0 aliphatic carbocycles. The predicted molar refractivity (Wildman–Crippen MR) is 92.4 cm³/mol. The smallest absolute Gasteiger partial charge is 0.341 e. The molecule has 0 aliphatic rings. The van der Waals surface area contributed by atoms with E-state index in [4.69, 9.17) is 9.26 Å². The number of rotatable bonds is 5. The van der Waals surface area contributed by atoms with Gasteiger partial charge in [0.25, 0.3) is 5.91 Å². The molecule has 3 aromatic rings. The van der Waals surface area contributed by atoms with E-state index in [2.05, 4.69) is 15.5 Å². The van der Waals surface area contributed by atoms with Crippen molar-refractivity contribution in [2.45, 2.75) is 33.3 Å². The maximum atomic E-state index is 12.6. The van der Waals surface area contributed by atoms with Crippen LogP contribution in [-0.4, -0.2) is 28.1 Å². The van der Waals surface area contributed by atoms with Gasteiger partial charge in [0.1, 0.15) is 5.76 Å². The second-order valence-corrected chi connectivity index (χ2v) is 5.78. The standard InChI is InChI=1S/C18H19N3O4/c1-4-14(17(22)20-15-9-10(2)25-21-15)24-18(23)16-11(3)19-13-8-6-5-7-12(13)16/h5-9,14,19H,4H2,1-3H3,(H,20,21,22). The number of hydrogen-bond acceptors (Lipinski definition) is 5. The van der Waals surface area contributed by atoms with Crippen LogP contribution < -0.4 is 5.32 Å². The zero-order valence-corrected chi connectivity index (χ0v) is 14.3. The van der Waals surface area contributed by atoms with Crippen LogP contribution in [-0.2, 0) is 9.53 Å². The summed E-state index contributed by atoms with van der Waals surface area (Å²) in [5, 5.41) is 7.06. The number of fused-ring (bicyclic) bond motifs is 1. The first kappa shape index (κ1) is 16.8. The number of ether oxygens (including phenoxy) is 1. The highest BCUT2D eigenvalue weighted by atomic mass is 16.5. The molecule has 1 aromatic carbocycles. The van der Waals surface area contributed by atoms with Gasteiger partial charge in [-0.2, -0.15) is 0 Å². The van der Waals surface area contributed by atoms with Crippen molar-refractivity contribution in [1.82, 2.24) is 10.1 Å².